The Balaban J connectivity index is 2.10. The highest BCUT2D eigenvalue weighted by atomic mass is 127. The lowest BCUT2D eigenvalue weighted by Crippen LogP contribution is -2.00. The molecule has 0 fully saturated rings. The fourth-order valence-corrected chi connectivity index (χ4v) is 3.48. The van der Waals surface area contributed by atoms with Crippen LogP contribution < -0.4 is 5.32 Å². The summed E-state index contributed by atoms with van der Waals surface area (Å²) in [5, 5.41) is 5.30. The summed E-state index contributed by atoms with van der Waals surface area (Å²) < 4.78 is 1.13. The van der Waals surface area contributed by atoms with Crippen LogP contribution >= 0.6 is 45.5 Å². The van der Waals surface area contributed by atoms with E-state index < -0.39 is 0 Å². The lowest BCUT2D eigenvalue weighted by atomic mass is 10.3. The Morgan fingerprint density at radius 3 is 2.76 bits per heavy atom. The maximum Gasteiger partial charge on any atom is 0.0900 e. The summed E-state index contributed by atoms with van der Waals surface area (Å²) in [6, 6.07) is 5.86. The number of nitrogens with one attached hydrogen (secondary N) is 1. The lowest BCUT2D eigenvalue weighted by molar-refractivity contribution is 1.10. The number of benzene rings is 1. The van der Waals surface area contributed by atoms with Crippen LogP contribution in [0.5, 0.6) is 0 Å². The zero-order valence-corrected chi connectivity index (χ0v) is 13.3. The van der Waals surface area contributed by atoms with Crippen LogP contribution in [-0.4, -0.2) is 4.98 Å². The molecular weight excluding hydrogens is 367 g/mol. The summed E-state index contributed by atoms with van der Waals surface area (Å²) in [4.78, 5) is 5.70. The molecule has 0 unspecified atom stereocenters. The number of aromatic nitrogens is 1. The summed E-state index contributed by atoms with van der Waals surface area (Å²) in [5.74, 6) is 0. The van der Waals surface area contributed by atoms with Crippen LogP contribution in [0.4, 0.5) is 5.69 Å². The molecule has 1 heterocycles. The monoisotopic (exact) mass is 378 g/mol. The van der Waals surface area contributed by atoms with Crippen molar-refractivity contribution < 1.29 is 0 Å². The van der Waals surface area contributed by atoms with Gasteiger partial charge in [0.1, 0.15) is 0 Å². The van der Waals surface area contributed by atoms with Gasteiger partial charge in [-0.2, -0.15) is 0 Å². The Bertz CT molecular complexity index is 539. The highest BCUT2D eigenvalue weighted by Crippen LogP contribution is 2.24. The van der Waals surface area contributed by atoms with Crippen molar-refractivity contribution in [3.05, 3.63) is 42.4 Å². The van der Waals surface area contributed by atoms with Crippen LogP contribution in [0, 0.1) is 17.4 Å². The van der Waals surface area contributed by atoms with Gasteiger partial charge >= 0.3 is 0 Å². The normalized spacial score (nSPS) is 10.6. The minimum absolute atomic E-state index is 0.768. The van der Waals surface area contributed by atoms with Crippen molar-refractivity contribution in [3.63, 3.8) is 0 Å². The van der Waals surface area contributed by atoms with Crippen molar-refractivity contribution in [1.29, 1.82) is 0 Å². The van der Waals surface area contributed by atoms with Gasteiger partial charge in [0.2, 0.25) is 0 Å². The number of anilines is 1. The summed E-state index contributed by atoms with van der Waals surface area (Å²) in [6.45, 7) is 4.90. The Hall–Kier alpha value is -0.330. The van der Waals surface area contributed by atoms with Crippen LogP contribution in [0.2, 0.25) is 5.02 Å². The topological polar surface area (TPSA) is 24.9 Å². The zero-order valence-electron chi connectivity index (χ0n) is 9.55. The third-order valence-corrected chi connectivity index (χ3v) is 4.57. The standard InChI is InChI=1S/C12H12ClIN2S/c1-7-12(17-8(2)16-7)6-15-11-4-3-9(13)5-10(11)14/h3-5,15H,6H2,1-2H3. The molecule has 0 saturated carbocycles. The Morgan fingerprint density at radius 1 is 1.41 bits per heavy atom. The second-order valence-electron chi connectivity index (χ2n) is 3.72. The molecule has 0 spiro atoms. The predicted molar refractivity (Wildman–Crippen MR) is 83.1 cm³/mol. The fourth-order valence-electron chi connectivity index (χ4n) is 1.55. The molecule has 2 aromatic rings. The van der Waals surface area contributed by atoms with E-state index in [1.165, 1.54) is 4.88 Å². The Kier molecular flexibility index (Phi) is 4.27. The SMILES string of the molecule is Cc1nc(C)c(CNc2ccc(Cl)cc2I)s1. The van der Waals surface area contributed by atoms with Crippen LogP contribution in [0.25, 0.3) is 0 Å². The number of thiazole rings is 1. The third kappa shape index (κ3) is 3.33. The van der Waals surface area contributed by atoms with E-state index in [0.717, 1.165) is 31.5 Å². The van der Waals surface area contributed by atoms with E-state index >= 15 is 0 Å². The number of nitrogens with zero attached hydrogens (tertiary/aromatic N) is 1. The highest BCUT2D eigenvalue weighted by molar-refractivity contribution is 14.1. The van der Waals surface area contributed by atoms with Crippen molar-refractivity contribution in [3.8, 4) is 0 Å². The van der Waals surface area contributed by atoms with Crippen molar-refractivity contribution >= 4 is 51.2 Å². The molecular formula is C12H12ClIN2S. The van der Waals surface area contributed by atoms with E-state index in [2.05, 4.69) is 32.9 Å². The van der Waals surface area contributed by atoms with Gasteiger partial charge in [0.05, 0.1) is 17.2 Å². The van der Waals surface area contributed by atoms with Gasteiger partial charge in [-0.25, -0.2) is 4.98 Å². The summed E-state index contributed by atoms with van der Waals surface area (Å²) in [7, 11) is 0. The van der Waals surface area contributed by atoms with Crippen molar-refractivity contribution in [2.24, 2.45) is 0 Å². The number of rotatable bonds is 3. The quantitative estimate of drug-likeness (QED) is 0.788. The van der Waals surface area contributed by atoms with Gasteiger partial charge in [-0.05, 0) is 54.6 Å². The van der Waals surface area contributed by atoms with Crippen LogP contribution in [0.1, 0.15) is 15.6 Å². The van der Waals surface area contributed by atoms with Gasteiger partial charge < -0.3 is 5.32 Å². The predicted octanol–water partition coefficient (Wildman–Crippen LogP) is 4.63. The van der Waals surface area contributed by atoms with E-state index in [9.17, 15) is 0 Å². The molecule has 1 aromatic heterocycles. The minimum atomic E-state index is 0.768. The smallest absolute Gasteiger partial charge is 0.0900 e. The van der Waals surface area contributed by atoms with Crippen LogP contribution in [0.15, 0.2) is 18.2 Å². The molecule has 0 saturated heterocycles. The van der Waals surface area contributed by atoms with Crippen molar-refractivity contribution in [2.45, 2.75) is 20.4 Å². The van der Waals surface area contributed by atoms with Gasteiger partial charge in [-0.15, -0.1) is 11.3 Å². The second kappa shape index (κ2) is 5.54. The number of halogens is 2. The van der Waals surface area contributed by atoms with Gasteiger partial charge in [0.15, 0.2) is 0 Å². The summed E-state index contributed by atoms with van der Waals surface area (Å²) >= 11 is 9.95. The summed E-state index contributed by atoms with van der Waals surface area (Å²) in [5.41, 5.74) is 2.23. The summed E-state index contributed by atoms with van der Waals surface area (Å²) in [6.07, 6.45) is 0. The second-order valence-corrected chi connectivity index (χ2v) is 6.61. The number of hydrogen-bond donors (Lipinski definition) is 1. The maximum absolute atomic E-state index is 5.92. The molecule has 5 heteroatoms. The number of aryl methyl sites for hydroxylation is 2. The minimum Gasteiger partial charge on any atom is -0.379 e. The van der Waals surface area contributed by atoms with Crippen molar-refractivity contribution in [2.75, 3.05) is 5.32 Å². The van der Waals surface area contributed by atoms with Gasteiger partial charge in [0.25, 0.3) is 0 Å². The van der Waals surface area contributed by atoms with Crippen LogP contribution in [0.3, 0.4) is 0 Å². The average Bonchev–Trinajstić information content (AvgIpc) is 2.56. The molecule has 2 nitrogen and oxygen atoms in total. The molecule has 0 bridgehead atoms. The fraction of sp³-hybridized carbons (Fsp3) is 0.250. The molecule has 0 aliphatic rings. The highest BCUT2D eigenvalue weighted by Gasteiger charge is 2.05. The Labute approximate surface area is 124 Å². The van der Waals surface area contributed by atoms with Crippen LogP contribution in [-0.2, 0) is 6.54 Å². The Morgan fingerprint density at radius 2 is 2.18 bits per heavy atom. The van der Waals surface area contributed by atoms with E-state index in [-0.39, 0.29) is 0 Å². The van der Waals surface area contributed by atoms with E-state index in [1.807, 2.05) is 32.0 Å². The van der Waals surface area contributed by atoms with Gasteiger partial charge in [-0.1, -0.05) is 11.6 Å². The maximum atomic E-state index is 5.92. The van der Waals surface area contributed by atoms with E-state index in [4.69, 9.17) is 11.6 Å². The first-order valence-corrected chi connectivity index (χ1v) is 7.45. The number of hydrogen-bond acceptors (Lipinski definition) is 3. The molecule has 0 aliphatic heterocycles. The zero-order chi connectivity index (χ0) is 12.4. The van der Waals surface area contributed by atoms with Gasteiger partial charge in [0, 0.05) is 19.2 Å². The molecule has 0 aliphatic carbocycles. The molecule has 90 valence electrons. The molecule has 2 rings (SSSR count). The first-order chi connectivity index (χ1) is 8.06. The molecule has 1 N–H and O–H groups in total. The first kappa shape index (κ1) is 13.1. The molecule has 1 aromatic carbocycles. The van der Waals surface area contributed by atoms with Gasteiger partial charge in [-0.3, -0.25) is 0 Å². The third-order valence-electron chi connectivity index (χ3n) is 2.37. The lowest BCUT2D eigenvalue weighted by Gasteiger charge is -2.07. The van der Waals surface area contributed by atoms with E-state index in [0.29, 0.717) is 0 Å². The molecule has 0 amide bonds. The molecule has 17 heavy (non-hydrogen) atoms. The first-order valence-electron chi connectivity index (χ1n) is 5.18. The largest absolute Gasteiger partial charge is 0.379 e. The average molecular weight is 379 g/mol. The molecule has 0 atom stereocenters. The van der Waals surface area contributed by atoms with E-state index in [1.54, 1.807) is 11.3 Å². The molecule has 0 radical (unpaired) electrons. The van der Waals surface area contributed by atoms with Crippen molar-refractivity contribution in [1.82, 2.24) is 4.98 Å².